The number of rotatable bonds is 4. The van der Waals surface area contributed by atoms with Crippen LogP contribution in [0.25, 0.3) is 22.0 Å². The van der Waals surface area contributed by atoms with Gasteiger partial charge in [-0.15, -0.1) is 10.2 Å². The number of phenolic OH excluding ortho intramolecular Hbond substituents is 1. The standard InChI is InChI=1S/C27H32FN5O2/c1-26-10-5-11-27(2,32-26)15-17(14-26)33(4)23-9-8-21(30-31-23)20-12-16-6-7-18(25(35)29-3)24(28)19(16)13-22(20)34/h6-9,12-13,17,32,34H,5,10-11,14-15H2,1-4H3,(H,29,35)/t17?,26-,27+. The van der Waals surface area contributed by atoms with Crippen molar-refractivity contribution in [1.29, 1.82) is 0 Å². The Kier molecular flexibility index (Phi) is 5.67. The summed E-state index contributed by atoms with van der Waals surface area (Å²) in [7, 11) is 3.52. The third-order valence-corrected chi connectivity index (χ3v) is 7.81. The van der Waals surface area contributed by atoms with E-state index >= 15 is 0 Å². The SMILES string of the molecule is CNC(=O)c1ccc2cc(-c3ccc(N(C)C4C[C@]5(C)CCC[C@](C)(C4)N5)nn3)c(O)cc2c1F. The molecule has 3 N–H and O–H groups in total. The Morgan fingerprint density at radius 2 is 1.86 bits per heavy atom. The van der Waals surface area contributed by atoms with Gasteiger partial charge in [-0.3, -0.25) is 4.79 Å². The van der Waals surface area contributed by atoms with Gasteiger partial charge < -0.3 is 20.6 Å². The number of amides is 1. The van der Waals surface area contributed by atoms with Gasteiger partial charge in [-0.1, -0.05) is 6.07 Å². The van der Waals surface area contributed by atoms with Gasteiger partial charge in [0.05, 0.1) is 11.3 Å². The Bertz CT molecular complexity index is 1280. The number of hydrogen-bond acceptors (Lipinski definition) is 6. The van der Waals surface area contributed by atoms with Gasteiger partial charge in [-0.05, 0) is 81.7 Å². The normalized spacial score (nSPS) is 25.9. The Morgan fingerprint density at radius 1 is 1.14 bits per heavy atom. The highest BCUT2D eigenvalue weighted by molar-refractivity contribution is 6.00. The van der Waals surface area contributed by atoms with Crippen molar-refractivity contribution in [2.24, 2.45) is 0 Å². The first kappa shape index (κ1) is 23.5. The first-order valence-electron chi connectivity index (χ1n) is 12.1. The van der Waals surface area contributed by atoms with E-state index in [2.05, 4.69) is 46.6 Å². The summed E-state index contributed by atoms with van der Waals surface area (Å²) < 4.78 is 14.9. The summed E-state index contributed by atoms with van der Waals surface area (Å²) in [6, 6.07) is 10.2. The molecule has 2 aliphatic heterocycles. The van der Waals surface area contributed by atoms with Crippen LogP contribution in [0.15, 0.2) is 36.4 Å². The van der Waals surface area contributed by atoms with Gasteiger partial charge >= 0.3 is 0 Å². The Hall–Kier alpha value is -3.26. The minimum Gasteiger partial charge on any atom is -0.507 e. The molecule has 1 unspecified atom stereocenters. The molecule has 8 heteroatoms. The van der Waals surface area contributed by atoms with Crippen molar-refractivity contribution < 1.29 is 14.3 Å². The maximum Gasteiger partial charge on any atom is 0.254 e. The number of carbonyl (C=O) groups excluding carboxylic acids is 1. The van der Waals surface area contributed by atoms with Crippen LogP contribution in [0, 0.1) is 5.82 Å². The van der Waals surface area contributed by atoms with Gasteiger partial charge in [0.25, 0.3) is 5.91 Å². The molecule has 2 bridgehead atoms. The number of aromatic nitrogens is 2. The van der Waals surface area contributed by atoms with Crippen molar-refractivity contribution in [2.75, 3.05) is 19.0 Å². The minimum atomic E-state index is -0.666. The summed E-state index contributed by atoms with van der Waals surface area (Å²) in [6.07, 6.45) is 5.74. The van der Waals surface area contributed by atoms with Crippen LogP contribution in [0.3, 0.4) is 0 Å². The number of aromatic hydroxyl groups is 1. The maximum atomic E-state index is 14.9. The number of nitrogens with one attached hydrogen (secondary N) is 2. The molecule has 3 aromatic rings. The first-order chi connectivity index (χ1) is 16.6. The molecule has 5 rings (SSSR count). The van der Waals surface area contributed by atoms with Crippen molar-refractivity contribution in [1.82, 2.24) is 20.8 Å². The van der Waals surface area contributed by atoms with Gasteiger partial charge in [-0.2, -0.15) is 0 Å². The van der Waals surface area contributed by atoms with Crippen molar-refractivity contribution in [2.45, 2.75) is 63.1 Å². The zero-order valence-electron chi connectivity index (χ0n) is 20.7. The lowest BCUT2D eigenvalue weighted by Gasteiger charge is -2.55. The van der Waals surface area contributed by atoms with E-state index in [4.69, 9.17) is 0 Å². The van der Waals surface area contributed by atoms with Crippen molar-refractivity contribution in [3.63, 3.8) is 0 Å². The van der Waals surface area contributed by atoms with Crippen LogP contribution < -0.4 is 15.5 Å². The van der Waals surface area contributed by atoms with Crippen LogP contribution in [0.5, 0.6) is 5.75 Å². The summed E-state index contributed by atoms with van der Waals surface area (Å²) in [4.78, 5) is 14.1. The molecule has 2 saturated heterocycles. The molecule has 2 fully saturated rings. The van der Waals surface area contributed by atoms with Gasteiger partial charge in [-0.25, -0.2) is 4.39 Å². The molecular formula is C27H32FN5O2. The molecule has 2 aliphatic rings. The van der Waals surface area contributed by atoms with E-state index in [-0.39, 0.29) is 27.8 Å². The molecule has 3 heterocycles. The lowest BCUT2D eigenvalue weighted by atomic mass is 9.69. The van der Waals surface area contributed by atoms with Gasteiger partial charge in [0, 0.05) is 42.2 Å². The third-order valence-electron chi connectivity index (χ3n) is 7.81. The molecule has 0 aliphatic carbocycles. The highest BCUT2D eigenvalue weighted by Gasteiger charge is 2.46. The lowest BCUT2D eigenvalue weighted by Crippen LogP contribution is -2.66. The summed E-state index contributed by atoms with van der Waals surface area (Å²) in [6.45, 7) is 4.64. The van der Waals surface area contributed by atoms with Gasteiger partial charge in [0.15, 0.2) is 5.82 Å². The number of phenols is 1. The van der Waals surface area contributed by atoms with Crippen LogP contribution >= 0.6 is 0 Å². The summed E-state index contributed by atoms with van der Waals surface area (Å²) in [5.74, 6) is -0.514. The summed E-state index contributed by atoms with van der Waals surface area (Å²) in [5.41, 5.74) is 1.17. The minimum absolute atomic E-state index is 0.0656. The Labute approximate surface area is 204 Å². The van der Waals surface area contributed by atoms with Crippen LogP contribution in [0.1, 0.15) is 56.3 Å². The highest BCUT2D eigenvalue weighted by Crippen LogP contribution is 2.42. The number of nitrogens with zero attached hydrogens (tertiary/aromatic N) is 3. The monoisotopic (exact) mass is 477 g/mol. The largest absolute Gasteiger partial charge is 0.507 e. The molecule has 0 radical (unpaired) electrons. The Morgan fingerprint density at radius 3 is 2.49 bits per heavy atom. The smallest absolute Gasteiger partial charge is 0.254 e. The number of anilines is 1. The van der Waals surface area contributed by atoms with Crippen molar-refractivity contribution >= 4 is 22.5 Å². The molecule has 35 heavy (non-hydrogen) atoms. The second-order valence-electron chi connectivity index (χ2n) is 10.6. The second-order valence-corrected chi connectivity index (χ2v) is 10.6. The third kappa shape index (κ3) is 4.20. The molecule has 184 valence electrons. The number of piperidine rings is 2. The molecular weight excluding hydrogens is 445 g/mol. The zero-order valence-corrected chi connectivity index (χ0v) is 20.7. The number of hydrogen-bond donors (Lipinski definition) is 3. The van der Waals surface area contributed by atoms with Crippen LogP contribution in [0.2, 0.25) is 0 Å². The van der Waals surface area contributed by atoms with E-state index in [0.29, 0.717) is 22.7 Å². The molecule has 0 spiro atoms. The second kappa shape index (κ2) is 8.45. The predicted octanol–water partition coefficient (Wildman–Crippen LogP) is 4.39. The molecule has 3 atom stereocenters. The number of benzene rings is 2. The first-order valence-corrected chi connectivity index (χ1v) is 12.1. The van der Waals surface area contributed by atoms with Crippen molar-refractivity contribution in [3.8, 4) is 17.0 Å². The van der Waals surface area contributed by atoms with E-state index in [1.54, 1.807) is 12.1 Å². The van der Waals surface area contributed by atoms with E-state index < -0.39 is 11.7 Å². The fraction of sp³-hybridized carbons (Fsp3) is 0.444. The molecule has 1 amide bonds. The molecule has 1 aromatic heterocycles. The van der Waals surface area contributed by atoms with Crippen LogP contribution in [-0.2, 0) is 0 Å². The molecule has 2 aromatic carbocycles. The highest BCUT2D eigenvalue weighted by atomic mass is 19.1. The number of halogens is 1. The topological polar surface area (TPSA) is 90.4 Å². The molecule has 0 saturated carbocycles. The van der Waals surface area contributed by atoms with E-state index in [9.17, 15) is 14.3 Å². The van der Waals surface area contributed by atoms with Crippen molar-refractivity contribution in [3.05, 3.63) is 47.8 Å². The molecule has 7 nitrogen and oxygen atoms in total. The average Bonchev–Trinajstić information content (AvgIpc) is 2.82. The Balaban J connectivity index is 1.42. The number of fused-ring (bicyclic) bond motifs is 3. The summed E-state index contributed by atoms with van der Waals surface area (Å²) in [5, 5.41) is 26.6. The lowest BCUT2D eigenvalue weighted by molar-refractivity contribution is 0.0784. The maximum absolute atomic E-state index is 14.9. The van der Waals surface area contributed by atoms with E-state index in [1.165, 1.54) is 38.4 Å². The van der Waals surface area contributed by atoms with Crippen LogP contribution in [-0.4, -0.2) is 52.4 Å². The summed E-state index contributed by atoms with van der Waals surface area (Å²) >= 11 is 0. The van der Waals surface area contributed by atoms with E-state index in [1.807, 2.05) is 12.1 Å². The fourth-order valence-corrected chi connectivity index (χ4v) is 6.10. The quantitative estimate of drug-likeness (QED) is 0.516. The van der Waals surface area contributed by atoms with Crippen LogP contribution in [0.4, 0.5) is 10.2 Å². The fourth-order valence-electron chi connectivity index (χ4n) is 6.10. The van der Waals surface area contributed by atoms with Gasteiger partial charge in [0.2, 0.25) is 0 Å². The predicted molar refractivity (Wildman–Crippen MR) is 135 cm³/mol. The zero-order chi connectivity index (χ0) is 25.0. The number of carbonyl (C=O) groups is 1. The van der Waals surface area contributed by atoms with E-state index in [0.717, 1.165) is 18.7 Å². The van der Waals surface area contributed by atoms with Gasteiger partial charge in [0.1, 0.15) is 11.6 Å². The average molecular weight is 478 g/mol.